The lowest BCUT2D eigenvalue weighted by atomic mass is 9.77. The second-order valence-electron chi connectivity index (χ2n) is 5.30. The minimum absolute atomic E-state index is 0.165. The van der Waals surface area contributed by atoms with E-state index in [1.165, 1.54) is 18.9 Å². The Morgan fingerprint density at radius 2 is 2.11 bits per heavy atom. The van der Waals surface area contributed by atoms with Gasteiger partial charge in [0.2, 0.25) is 0 Å². The molecule has 3 unspecified atom stereocenters. The SMILES string of the molecule is CCC1CCC(Cl)C(Cc2cc(Cl)ccc2F)C1. The summed E-state index contributed by atoms with van der Waals surface area (Å²) in [6.45, 7) is 2.22. The van der Waals surface area contributed by atoms with Crippen molar-refractivity contribution >= 4 is 23.2 Å². The van der Waals surface area contributed by atoms with Crippen LogP contribution in [0.1, 0.15) is 38.2 Å². The van der Waals surface area contributed by atoms with Gasteiger partial charge in [-0.15, -0.1) is 11.6 Å². The molecule has 0 aromatic heterocycles. The minimum atomic E-state index is -0.165. The highest BCUT2D eigenvalue weighted by atomic mass is 35.5. The minimum Gasteiger partial charge on any atom is -0.207 e. The van der Waals surface area contributed by atoms with E-state index in [1.807, 2.05) is 0 Å². The number of alkyl halides is 1. The van der Waals surface area contributed by atoms with Gasteiger partial charge in [0.15, 0.2) is 0 Å². The van der Waals surface area contributed by atoms with Crippen LogP contribution in [0.5, 0.6) is 0 Å². The van der Waals surface area contributed by atoms with Crippen molar-refractivity contribution in [3.05, 3.63) is 34.6 Å². The first-order valence-electron chi connectivity index (χ1n) is 6.68. The summed E-state index contributed by atoms with van der Waals surface area (Å²) >= 11 is 12.3. The fraction of sp³-hybridized carbons (Fsp3) is 0.600. The Morgan fingerprint density at radius 1 is 1.33 bits per heavy atom. The van der Waals surface area contributed by atoms with Gasteiger partial charge in [-0.25, -0.2) is 4.39 Å². The predicted octanol–water partition coefficient (Wildman–Crippen LogP) is 5.46. The van der Waals surface area contributed by atoms with Crippen LogP contribution in [0.15, 0.2) is 18.2 Å². The zero-order chi connectivity index (χ0) is 13.1. The molecule has 1 aromatic carbocycles. The van der Waals surface area contributed by atoms with Crippen molar-refractivity contribution in [3.63, 3.8) is 0 Å². The van der Waals surface area contributed by atoms with E-state index in [-0.39, 0.29) is 11.2 Å². The average Bonchev–Trinajstić information content (AvgIpc) is 2.36. The molecular weight excluding hydrogens is 270 g/mol. The topological polar surface area (TPSA) is 0 Å². The van der Waals surface area contributed by atoms with Crippen molar-refractivity contribution in [2.24, 2.45) is 11.8 Å². The highest BCUT2D eigenvalue weighted by molar-refractivity contribution is 6.30. The van der Waals surface area contributed by atoms with Crippen LogP contribution >= 0.6 is 23.2 Å². The zero-order valence-corrected chi connectivity index (χ0v) is 12.1. The van der Waals surface area contributed by atoms with Crippen LogP contribution in [0.25, 0.3) is 0 Å². The van der Waals surface area contributed by atoms with Crippen molar-refractivity contribution in [1.82, 2.24) is 0 Å². The van der Waals surface area contributed by atoms with Crippen LogP contribution in [0.4, 0.5) is 4.39 Å². The molecule has 1 aliphatic rings. The van der Waals surface area contributed by atoms with Crippen LogP contribution in [0.3, 0.4) is 0 Å². The van der Waals surface area contributed by atoms with E-state index >= 15 is 0 Å². The number of rotatable bonds is 3. The highest BCUT2D eigenvalue weighted by Gasteiger charge is 2.29. The van der Waals surface area contributed by atoms with Gasteiger partial charge in [0.1, 0.15) is 5.82 Å². The van der Waals surface area contributed by atoms with Crippen molar-refractivity contribution in [1.29, 1.82) is 0 Å². The summed E-state index contributed by atoms with van der Waals surface area (Å²) in [7, 11) is 0. The third-order valence-corrected chi connectivity index (χ3v) is 4.88. The predicted molar refractivity (Wildman–Crippen MR) is 75.9 cm³/mol. The van der Waals surface area contributed by atoms with E-state index < -0.39 is 0 Å². The second-order valence-corrected chi connectivity index (χ2v) is 6.30. The molecule has 0 spiro atoms. The van der Waals surface area contributed by atoms with Gasteiger partial charge in [-0.3, -0.25) is 0 Å². The molecule has 0 amide bonds. The fourth-order valence-corrected chi connectivity index (χ4v) is 3.40. The third kappa shape index (κ3) is 3.39. The zero-order valence-electron chi connectivity index (χ0n) is 10.6. The smallest absolute Gasteiger partial charge is 0.126 e. The summed E-state index contributed by atoms with van der Waals surface area (Å²) < 4.78 is 13.7. The number of halogens is 3. The molecule has 3 heteroatoms. The molecular formula is C15H19Cl2F. The van der Waals surface area contributed by atoms with Crippen molar-refractivity contribution in [2.45, 2.75) is 44.4 Å². The van der Waals surface area contributed by atoms with Gasteiger partial charge in [-0.1, -0.05) is 24.9 Å². The molecule has 3 atom stereocenters. The molecule has 0 radical (unpaired) electrons. The Bertz CT molecular complexity index is 405. The Morgan fingerprint density at radius 3 is 2.83 bits per heavy atom. The van der Waals surface area contributed by atoms with Gasteiger partial charge in [0, 0.05) is 10.4 Å². The third-order valence-electron chi connectivity index (χ3n) is 4.07. The van der Waals surface area contributed by atoms with E-state index in [2.05, 4.69) is 6.92 Å². The van der Waals surface area contributed by atoms with Crippen molar-refractivity contribution in [3.8, 4) is 0 Å². The second kappa shape index (κ2) is 6.25. The molecule has 2 rings (SSSR count). The van der Waals surface area contributed by atoms with Crippen LogP contribution < -0.4 is 0 Å². The standard InChI is InChI=1S/C15H19Cl2F/c1-2-10-3-5-14(17)11(7-10)8-12-9-13(16)4-6-15(12)18/h4,6,9-11,14H,2-3,5,7-8H2,1H3. The number of benzene rings is 1. The highest BCUT2D eigenvalue weighted by Crippen LogP contribution is 2.36. The summed E-state index contributed by atoms with van der Waals surface area (Å²) in [4.78, 5) is 0. The molecule has 1 fully saturated rings. The summed E-state index contributed by atoms with van der Waals surface area (Å²) in [5.41, 5.74) is 0.704. The molecule has 0 heterocycles. The average molecular weight is 289 g/mol. The molecule has 1 aromatic rings. The number of hydrogen-bond acceptors (Lipinski definition) is 0. The van der Waals surface area contributed by atoms with Gasteiger partial charge in [0.25, 0.3) is 0 Å². The van der Waals surface area contributed by atoms with Gasteiger partial charge >= 0.3 is 0 Å². The molecule has 0 N–H and O–H groups in total. The largest absolute Gasteiger partial charge is 0.207 e. The Hall–Kier alpha value is -0.270. The molecule has 100 valence electrons. The monoisotopic (exact) mass is 288 g/mol. The maximum atomic E-state index is 13.7. The van der Waals surface area contributed by atoms with Gasteiger partial charge in [-0.2, -0.15) is 0 Å². The van der Waals surface area contributed by atoms with E-state index in [0.717, 1.165) is 18.8 Å². The lowest BCUT2D eigenvalue weighted by Crippen LogP contribution is -2.27. The first-order chi connectivity index (χ1) is 8.60. The Labute approximate surface area is 118 Å². The normalized spacial score (nSPS) is 28.3. The molecule has 1 saturated carbocycles. The first-order valence-corrected chi connectivity index (χ1v) is 7.49. The van der Waals surface area contributed by atoms with Gasteiger partial charge in [-0.05, 0) is 61.3 Å². The molecule has 18 heavy (non-hydrogen) atoms. The quantitative estimate of drug-likeness (QED) is 0.648. The first kappa shape index (κ1) is 14.1. The van der Waals surface area contributed by atoms with Crippen LogP contribution in [-0.2, 0) is 6.42 Å². The maximum Gasteiger partial charge on any atom is 0.126 e. The molecule has 0 saturated heterocycles. The summed E-state index contributed by atoms with van der Waals surface area (Å²) in [6.07, 6.45) is 5.26. The summed E-state index contributed by atoms with van der Waals surface area (Å²) in [6, 6.07) is 4.77. The van der Waals surface area contributed by atoms with E-state index in [0.29, 0.717) is 22.9 Å². The Kier molecular flexibility index (Phi) is 4.91. The molecule has 1 aliphatic carbocycles. The van der Waals surface area contributed by atoms with Crippen molar-refractivity contribution < 1.29 is 4.39 Å². The fourth-order valence-electron chi connectivity index (χ4n) is 2.89. The van der Waals surface area contributed by atoms with Crippen molar-refractivity contribution in [2.75, 3.05) is 0 Å². The lowest BCUT2D eigenvalue weighted by Gasteiger charge is -2.32. The number of hydrogen-bond donors (Lipinski definition) is 0. The van der Waals surface area contributed by atoms with Gasteiger partial charge < -0.3 is 0 Å². The van der Waals surface area contributed by atoms with Crippen LogP contribution in [0.2, 0.25) is 5.02 Å². The molecule has 0 bridgehead atoms. The van der Waals surface area contributed by atoms with E-state index in [9.17, 15) is 4.39 Å². The Balaban J connectivity index is 2.09. The maximum absolute atomic E-state index is 13.7. The summed E-state index contributed by atoms with van der Waals surface area (Å²) in [5, 5.41) is 0.770. The van der Waals surface area contributed by atoms with Crippen LogP contribution in [-0.4, -0.2) is 5.38 Å². The summed E-state index contributed by atoms with van der Waals surface area (Å²) in [5.74, 6) is 0.951. The van der Waals surface area contributed by atoms with E-state index in [1.54, 1.807) is 12.1 Å². The van der Waals surface area contributed by atoms with Crippen LogP contribution in [0, 0.1) is 17.7 Å². The molecule has 0 aliphatic heterocycles. The molecule has 0 nitrogen and oxygen atoms in total. The van der Waals surface area contributed by atoms with E-state index in [4.69, 9.17) is 23.2 Å². The van der Waals surface area contributed by atoms with Gasteiger partial charge in [0.05, 0.1) is 0 Å². The lowest BCUT2D eigenvalue weighted by molar-refractivity contribution is 0.263.